The maximum absolute atomic E-state index is 12.0. The first kappa shape index (κ1) is 12.8. The molecule has 88 valence electrons. The van der Waals surface area contributed by atoms with Crippen molar-refractivity contribution in [3.63, 3.8) is 0 Å². The van der Waals surface area contributed by atoms with Gasteiger partial charge in [-0.15, -0.1) is 0 Å². The van der Waals surface area contributed by atoms with Crippen LogP contribution in [-0.4, -0.2) is 18.8 Å². The van der Waals surface area contributed by atoms with Gasteiger partial charge in [0.05, 0.1) is 0 Å². The molecular formula is C12H15F2NO. The number of Topliss-reactive ketones (excluding diaryl/α,β-unsaturated/α-hetero) is 1. The summed E-state index contributed by atoms with van der Waals surface area (Å²) in [5, 5.41) is 0. The van der Waals surface area contributed by atoms with Crippen LogP contribution in [0.5, 0.6) is 0 Å². The van der Waals surface area contributed by atoms with Crippen LogP contribution < -0.4 is 5.73 Å². The maximum Gasteiger partial charge on any atom is 0.239 e. The van der Waals surface area contributed by atoms with Gasteiger partial charge in [0.15, 0.2) is 5.78 Å². The normalized spacial score (nSPS) is 10.8. The third-order valence-corrected chi connectivity index (χ3v) is 2.30. The monoisotopic (exact) mass is 227 g/mol. The minimum absolute atomic E-state index is 0.0112. The third-order valence-electron chi connectivity index (χ3n) is 2.30. The molecule has 0 aromatic heterocycles. The smallest absolute Gasteiger partial charge is 0.239 e. The summed E-state index contributed by atoms with van der Waals surface area (Å²) in [4.78, 5) is 11.4. The molecule has 0 bridgehead atoms. The molecule has 0 unspecified atom stereocenters. The number of hydrogen-bond acceptors (Lipinski definition) is 2. The summed E-state index contributed by atoms with van der Waals surface area (Å²) in [6.07, 6.45) is -1.77. The summed E-state index contributed by atoms with van der Waals surface area (Å²) in [6.45, 7) is 0.325. The molecule has 0 radical (unpaired) electrons. The fourth-order valence-electron chi connectivity index (χ4n) is 1.41. The van der Waals surface area contributed by atoms with Crippen molar-refractivity contribution in [3.8, 4) is 0 Å². The summed E-state index contributed by atoms with van der Waals surface area (Å²) in [7, 11) is 0. The highest BCUT2D eigenvalue weighted by molar-refractivity contribution is 5.96. The average molecular weight is 227 g/mol. The molecule has 1 rings (SSSR count). The summed E-state index contributed by atoms with van der Waals surface area (Å²) in [6, 6.07) is 6.76. The van der Waals surface area contributed by atoms with Gasteiger partial charge in [-0.25, -0.2) is 8.78 Å². The number of aryl methyl sites for hydroxylation is 1. The molecule has 0 spiro atoms. The molecule has 0 aliphatic carbocycles. The largest absolute Gasteiger partial charge is 0.330 e. The van der Waals surface area contributed by atoms with Gasteiger partial charge >= 0.3 is 0 Å². The third kappa shape index (κ3) is 4.06. The number of ketones is 1. The fraction of sp³-hybridized carbons (Fsp3) is 0.417. The quantitative estimate of drug-likeness (QED) is 0.758. The first-order valence-electron chi connectivity index (χ1n) is 5.24. The number of carbonyl (C=O) groups excluding carboxylic acids is 1. The molecule has 0 aliphatic heterocycles. The molecule has 2 N–H and O–H groups in total. The van der Waals surface area contributed by atoms with Gasteiger partial charge in [0, 0.05) is 18.4 Å². The van der Waals surface area contributed by atoms with Crippen LogP contribution >= 0.6 is 0 Å². The Balaban J connectivity index is 2.57. The van der Waals surface area contributed by atoms with E-state index in [1.165, 1.54) is 0 Å². The molecule has 4 heteroatoms. The number of hydrogen-bond donors (Lipinski definition) is 1. The van der Waals surface area contributed by atoms with Gasteiger partial charge < -0.3 is 5.73 Å². The molecule has 0 saturated heterocycles. The van der Waals surface area contributed by atoms with E-state index in [2.05, 4.69) is 0 Å². The lowest BCUT2D eigenvalue weighted by Gasteiger charge is -2.03. The second-order valence-electron chi connectivity index (χ2n) is 3.59. The Labute approximate surface area is 93.5 Å². The van der Waals surface area contributed by atoms with E-state index in [0.717, 1.165) is 5.56 Å². The topological polar surface area (TPSA) is 43.1 Å². The van der Waals surface area contributed by atoms with Gasteiger partial charge in [-0.05, 0) is 18.5 Å². The van der Waals surface area contributed by atoms with E-state index in [9.17, 15) is 13.6 Å². The zero-order valence-corrected chi connectivity index (χ0v) is 8.96. The number of benzene rings is 1. The van der Waals surface area contributed by atoms with Crippen molar-refractivity contribution in [3.05, 3.63) is 35.4 Å². The van der Waals surface area contributed by atoms with Crippen LogP contribution in [0.4, 0.5) is 8.78 Å². The first-order valence-corrected chi connectivity index (χ1v) is 5.24. The van der Waals surface area contributed by atoms with Crippen LogP contribution in [0.25, 0.3) is 0 Å². The number of carbonyl (C=O) groups is 1. The van der Waals surface area contributed by atoms with Crippen LogP contribution in [0.3, 0.4) is 0 Å². The van der Waals surface area contributed by atoms with Crippen molar-refractivity contribution in [1.82, 2.24) is 0 Å². The lowest BCUT2D eigenvalue weighted by molar-refractivity contribution is 0.0985. The van der Waals surface area contributed by atoms with Crippen LogP contribution in [0.2, 0.25) is 0 Å². The molecular weight excluding hydrogens is 212 g/mol. The predicted octanol–water partition coefficient (Wildman–Crippen LogP) is 2.42. The lowest BCUT2D eigenvalue weighted by atomic mass is 10.0. The van der Waals surface area contributed by atoms with E-state index >= 15 is 0 Å². The standard InChI is InChI=1S/C12H15F2NO/c13-12(14)6-3-9-1-4-10(5-2-9)11(16)7-8-15/h1-2,4-5,12H,3,6-8,15H2. The Morgan fingerprint density at radius 3 is 2.38 bits per heavy atom. The van der Waals surface area contributed by atoms with Crippen molar-refractivity contribution in [2.45, 2.75) is 25.7 Å². The van der Waals surface area contributed by atoms with Gasteiger partial charge in [-0.3, -0.25) is 4.79 Å². The minimum atomic E-state index is -2.28. The highest BCUT2D eigenvalue weighted by Gasteiger charge is 2.06. The molecule has 0 fully saturated rings. The minimum Gasteiger partial charge on any atom is -0.330 e. The molecule has 0 aliphatic rings. The Hall–Kier alpha value is -1.29. The number of halogens is 2. The van der Waals surface area contributed by atoms with Crippen molar-refractivity contribution >= 4 is 5.78 Å². The van der Waals surface area contributed by atoms with Crippen LogP contribution in [0, 0.1) is 0 Å². The van der Waals surface area contributed by atoms with Crippen molar-refractivity contribution < 1.29 is 13.6 Å². The zero-order valence-electron chi connectivity index (χ0n) is 8.96. The number of rotatable bonds is 6. The molecule has 0 saturated carbocycles. The van der Waals surface area contributed by atoms with E-state index in [4.69, 9.17) is 5.73 Å². The number of alkyl halides is 2. The van der Waals surface area contributed by atoms with E-state index in [0.29, 0.717) is 24.9 Å². The summed E-state index contributed by atoms with van der Waals surface area (Å²) in [5.74, 6) is -0.0112. The highest BCUT2D eigenvalue weighted by Crippen LogP contribution is 2.11. The van der Waals surface area contributed by atoms with Crippen LogP contribution in [0.1, 0.15) is 28.8 Å². The van der Waals surface area contributed by atoms with Gasteiger partial charge in [0.2, 0.25) is 6.43 Å². The molecule has 16 heavy (non-hydrogen) atoms. The Morgan fingerprint density at radius 1 is 1.25 bits per heavy atom. The van der Waals surface area contributed by atoms with Gasteiger partial charge in [-0.1, -0.05) is 24.3 Å². The molecule has 0 atom stereocenters. The van der Waals surface area contributed by atoms with Crippen molar-refractivity contribution in [2.75, 3.05) is 6.54 Å². The molecule has 0 heterocycles. The Bertz CT molecular complexity index is 335. The Morgan fingerprint density at radius 2 is 1.88 bits per heavy atom. The summed E-state index contributed by atoms with van der Waals surface area (Å²) in [5.41, 5.74) is 6.69. The fourth-order valence-corrected chi connectivity index (χ4v) is 1.41. The van der Waals surface area contributed by atoms with E-state index in [-0.39, 0.29) is 12.2 Å². The van der Waals surface area contributed by atoms with Crippen molar-refractivity contribution in [1.29, 1.82) is 0 Å². The van der Waals surface area contributed by atoms with Gasteiger partial charge in [-0.2, -0.15) is 0 Å². The summed E-state index contributed by atoms with van der Waals surface area (Å²) >= 11 is 0. The molecule has 1 aromatic carbocycles. The van der Waals surface area contributed by atoms with E-state index < -0.39 is 6.43 Å². The average Bonchev–Trinajstić information content (AvgIpc) is 2.27. The molecule has 2 nitrogen and oxygen atoms in total. The second-order valence-corrected chi connectivity index (χ2v) is 3.59. The van der Waals surface area contributed by atoms with Crippen LogP contribution in [-0.2, 0) is 6.42 Å². The SMILES string of the molecule is NCCC(=O)c1ccc(CCC(F)F)cc1. The molecule has 1 aromatic rings. The second kappa shape index (κ2) is 6.33. The number of nitrogens with two attached hydrogens (primary N) is 1. The lowest BCUT2D eigenvalue weighted by Crippen LogP contribution is -2.08. The van der Waals surface area contributed by atoms with Crippen molar-refractivity contribution in [2.24, 2.45) is 5.73 Å². The van der Waals surface area contributed by atoms with Gasteiger partial charge in [0.1, 0.15) is 0 Å². The molecule has 0 amide bonds. The highest BCUT2D eigenvalue weighted by atomic mass is 19.3. The predicted molar refractivity (Wildman–Crippen MR) is 58.8 cm³/mol. The summed E-state index contributed by atoms with van der Waals surface area (Å²) < 4.78 is 23.9. The van der Waals surface area contributed by atoms with E-state index in [1.54, 1.807) is 24.3 Å². The van der Waals surface area contributed by atoms with Gasteiger partial charge in [0.25, 0.3) is 0 Å². The maximum atomic E-state index is 12.0. The van der Waals surface area contributed by atoms with Crippen LogP contribution in [0.15, 0.2) is 24.3 Å². The van der Waals surface area contributed by atoms with E-state index in [1.807, 2.05) is 0 Å². The Kier molecular flexibility index (Phi) is 5.05. The first-order chi connectivity index (χ1) is 7.63. The zero-order chi connectivity index (χ0) is 12.0.